The van der Waals surface area contributed by atoms with Crippen molar-refractivity contribution < 1.29 is 4.39 Å². The molecule has 5 heteroatoms. The van der Waals surface area contributed by atoms with Gasteiger partial charge in [0, 0.05) is 3.57 Å². The molecular weight excluding hydrogens is 358 g/mol. The van der Waals surface area contributed by atoms with E-state index < -0.39 is 5.82 Å². The molecular formula is C14H8FIN2O. The van der Waals surface area contributed by atoms with Gasteiger partial charge in [0.2, 0.25) is 0 Å². The van der Waals surface area contributed by atoms with Gasteiger partial charge in [0.1, 0.15) is 11.6 Å². The highest BCUT2D eigenvalue weighted by Crippen LogP contribution is 2.22. The van der Waals surface area contributed by atoms with Crippen LogP contribution in [0.5, 0.6) is 0 Å². The summed E-state index contributed by atoms with van der Waals surface area (Å²) in [5, 5.41) is 0.497. The highest BCUT2D eigenvalue weighted by Gasteiger charge is 2.10. The Labute approximate surface area is 121 Å². The molecule has 3 rings (SSSR count). The van der Waals surface area contributed by atoms with Crippen LogP contribution in [0.1, 0.15) is 0 Å². The molecule has 0 atom stereocenters. The monoisotopic (exact) mass is 366 g/mol. The highest BCUT2D eigenvalue weighted by molar-refractivity contribution is 14.1. The van der Waals surface area contributed by atoms with E-state index in [-0.39, 0.29) is 11.4 Å². The summed E-state index contributed by atoms with van der Waals surface area (Å²) in [4.78, 5) is 18.9. The molecule has 0 unspecified atom stereocenters. The predicted octanol–water partition coefficient (Wildman–Crippen LogP) is 3.33. The Bertz CT molecular complexity index is 829. The Morgan fingerprint density at radius 3 is 2.79 bits per heavy atom. The molecule has 1 heterocycles. The van der Waals surface area contributed by atoms with Crippen LogP contribution in [0.2, 0.25) is 0 Å². The predicted molar refractivity (Wildman–Crippen MR) is 80.5 cm³/mol. The first kappa shape index (κ1) is 12.3. The fraction of sp³-hybridized carbons (Fsp3) is 0. The minimum absolute atomic E-state index is 0.250. The van der Waals surface area contributed by atoms with Gasteiger partial charge in [-0.1, -0.05) is 12.1 Å². The van der Waals surface area contributed by atoms with E-state index >= 15 is 0 Å². The van der Waals surface area contributed by atoms with Gasteiger partial charge in [0.25, 0.3) is 5.56 Å². The lowest BCUT2D eigenvalue weighted by atomic mass is 10.2. The molecule has 0 aliphatic rings. The number of rotatable bonds is 1. The molecule has 3 aromatic rings. The van der Waals surface area contributed by atoms with E-state index in [1.807, 2.05) is 0 Å². The smallest absolute Gasteiger partial charge is 0.259 e. The summed E-state index contributed by atoms with van der Waals surface area (Å²) in [5.74, 6) is -0.154. The van der Waals surface area contributed by atoms with Crippen LogP contribution in [-0.2, 0) is 0 Å². The molecule has 0 spiro atoms. The molecule has 0 aliphatic heterocycles. The lowest BCUT2D eigenvalue weighted by Gasteiger charge is -2.05. The first-order valence-electron chi connectivity index (χ1n) is 5.59. The van der Waals surface area contributed by atoms with E-state index in [1.165, 1.54) is 6.07 Å². The van der Waals surface area contributed by atoms with Crippen molar-refractivity contribution in [3.05, 3.63) is 62.2 Å². The van der Waals surface area contributed by atoms with Gasteiger partial charge in [-0.15, -0.1) is 0 Å². The van der Waals surface area contributed by atoms with Crippen LogP contribution < -0.4 is 5.56 Å². The molecule has 3 nitrogen and oxygen atoms in total. The summed E-state index contributed by atoms with van der Waals surface area (Å²) in [6, 6.07) is 11.7. The summed E-state index contributed by atoms with van der Waals surface area (Å²) in [6.45, 7) is 0. The minimum atomic E-state index is -0.404. The molecule has 2 aromatic carbocycles. The lowest BCUT2D eigenvalue weighted by Crippen LogP contribution is -2.10. The molecule has 0 fully saturated rings. The van der Waals surface area contributed by atoms with Gasteiger partial charge < -0.3 is 4.98 Å². The SMILES string of the molecule is O=c1[nH]c(-c2cc(I)ccc2F)nc2ccccc12. The quantitative estimate of drug-likeness (QED) is 0.672. The fourth-order valence-electron chi connectivity index (χ4n) is 1.89. The third-order valence-electron chi connectivity index (χ3n) is 2.80. The number of para-hydroxylation sites is 1. The molecule has 0 saturated carbocycles. The van der Waals surface area contributed by atoms with Crippen molar-refractivity contribution in [2.75, 3.05) is 0 Å². The topological polar surface area (TPSA) is 45.8 Å². The molecule has 0 amide bonds. The second kappa shape index (κ2) is 4.73. The van der Waals surface area contributed by atoms with E-state index in [4.69, 9.17) is 0 Å². The van der Waals surface area contributed by atoms with Crippen LogP contribution in [0.25, 0.3) is 22.3 Å². The molecule has 0 bridgehead atoms. The molecule has 0 radical (unpaired) electrons. The molecule has 94 valence electrons. The number of aromatic nitrogens is 2. The maximum absolute atomic E-state index is 13.8. The zero-order chi connectivity index (χ0) is 13.4. The van der Waals surface area contributed by atoms with Crippen LogP contribution in [0, 0.1) is 9.39 Å². The van der Waals surface area contributed by atoms with Crippen molar-refractivity contribution in [1.82, 2.24) is 9.97 Å². The summed E-state index contributed by atoms with van der Waals surface area (Å²) >= 11 is 2.09. The number of halogens is 2. The van der Waals surface area contributed by atoms with Gasteiger partial charge in [0.15, 0.2) is 0 Å². The van der Waals surface area contributed by atoms with E-state index in [1.54, 1.807) is 36.4 Å². The zero-order valence-electron chi connectivity index (χ0n) is 9.65. The summed E-state index contributed by atoms with van der Waals surface area (Å²) < 4.78 is 14.7. The van der Waals surface area contributed by atoms with Gasteiger partial charge >= 0.3 is 0 Å². The molecule has 0 aliphatic carbocycles. The van der Waals surface area contributed by atoms with Crippen LogP contribution in [0.15, 0.2) is 47.3 Å². The number of aromatic amines is 1. The first-order valence-corrected chi connectivity index (χ1v) is 6.67. The van der Waals surface area contributed by atoms with E-state index in [0.29, 0.717) is 16.5 Å². The second-order valence-corrected chi connectivity index (χ2v) is 5.30. The minimum Gasteiger partial charge on any atom is -0.306 e. The summed E-state index contributed by atoms with van der Waals surface area (Å²) in [5.41, 5.74) is 0.591. The first-order chi connectivity index (χ1) is 9.15. The fourth-order valence-corrected chi connectivity index (χ4v) is 2.38. The van der Waals surface area contributed by atoms with Gasteiger partial charge in [-0.25, -0.2) is 9.37 Å². The van der Waals surface area contributed by atoms with Gasteiger partial charge in [-0.2, -0.15) is 0 Å². The lowest BCUT2D eigenvalue weighted by molar-refractivity contribution is 0.629. The summed E-state index contributed by atoms with van der Waals surface area (Å²) in [7, 11) is 0. The van der Waals surface area contributed by atoms with E-state index in [9.17, 15) is 9.18 Å². The highest BCUT2D eigenvalue weighted by atomic mass is 127. The Kier molecular flexibility index (Phi) is 3.06. The van der Waals surface area contributed by atoms with Crippen molar-refractivity contribution in [3.63, 3.8) is 0 Å². The van der Waals surface area contributed by atoms with Crippen LogP contribution in [0.3, 0.4) is 0 Å². The number of benzene rings is 2. The molecule has 0 saturated heterocycles. The standard InChI is InChI=1S/C14H8FIN2O/c15-11-6-5-8(16)7-10(11)13-17-12-4-2-1-3-9(12)14(19)18-13/h1-7H,(H,17,18,19). The number of nitrogens with one attached hydrogen (secondary N) is 1. The zero-order valence-corrected chi connectivity index (χ0v) is 11.8. The van der Waals surface area contributed by atoms with E-state index in [2.05, 4.69) is 32.6 Å². The molecule has 19 heavy (non-hydrogen) atoms. The number of hydrogen-bond acceptors (Lipinski definition) is 2. The van der Waals surface area contributed by atoms with Crippen molar-refractivity contribution in [2.24, 2.45) is 0 Å². The van der Waals surface area contributed by atoms with Gasteiger partial charge in [0.05, 0.1) is 16.5 Å². The Hall–Kier alpha value is -1.76. The Morgan fingerprint density at radius 2 is 1.95 bits per heavy atom. The Balaban J connectivity index is 2.31. The average Bonchev–Trinajstić information content (AvgIpc) is 2.41. The van der Waals surface area contributed by atoms with Crippen molar-refractivity contribution in [1.29, 1.82) is 0 Å². The third-order valence-corrected chi connectivity index (χ3v) is 3.47. The Morgan fingerprint density at radius 1 is 1.16 bits per heavy atom. The number of nitrogens with zero attached hydrogens (tertiary/aromatic N) is 1. The van der Waals surface area contributed by atoms with Crippen molar-refractivity contribution in [3.8, 4) is 11.4 Å². The van der Waals surface area contributed by atoms with Crippen molar-refractivity contribution >= 4 is 33.5 Å². The number of H-pyrrole nitrogens is 1. The van der Waals surface area contributed by atoms with E-state index in [0.717, 1.165) is 3.57 Å². The van der Waals surface area contributed by atoms with Crippen LogP contribution in [0.4, 0.5) is 4.39 Å². The number of hydrogen-bond donors (Lipinski definition) is 1. The largest absolute Gasteiger partial charge is 0.306 e. The molecule has 1 N–H and O–H groups in total. The van der Waals surface area contributed by atoms with Gasteiger partial charge in [-0.05, 0) is 52.9 Å². The number of fused-ring (bicyclic) bond motifs is 1. The average molecular weight is 366 g/mol. The molecule has 1 aromatic heterocycles. The normalized spacial score (nSPS) is 10.8. The second-order valence-electron chi connectivity index (χ2n) is 4.06. The third kappa shape index (κ3) is 2.25. The van der Waals surface area contributed by atoms with Gasteiger partial charge in [-0.3, -0.25) is 4.79 Å². The van der Waals surface area contributed by atoms with Crippen molar-refractivity contribution in [2.45, 2.75) is 0 Å². The maximum Gasteiger partial charge on any atom is 0.259 e. The van der Waals surface area contributed by atoms with Crippen LogP contribution >= 0.6 is 22.6 Å². The maximum atomic E-state index is 13.8. The van der Waals surface area contributed by atoms with Crippen LogP contribution in [-0.4, -0.2) is 9.97 Å². The summed E-state index contributed by atoms with van der Waals surface area (Å²) in [6.07, 6.45) is 0.